The Morgan fingerprint density at radius 1 is 1.00 bits per heavy atom. The summed E-state index contributed by atoms with van der Waals surface area (Å²) in [5.41, 5.74) is 1.82. The largest absolute Gasteiger partial charge is 0.481 e. The second-order valence-electron chi connectivity index (χ2n) is 10.8. The van der Waals surface area contributed by atoms with Gasteiger partial charge in [-0.25, -0.2) is 4.79 Å². The normalized spacial score (nSPS) is 17.7. The molecule has 3 amide bonds. The fraction of sp³-hybridized carbons (Fsp3) is 0.464. The van der Waals surface area contributed by atoms with Crippen LogP contribution >= 0.6 is 34.8 Å². The number of hydrogen-bond acceptors (Lipinski definition) is 4. The second-order valence-corrected chi connectivity index (χ2v) is 12.0. The number of urea groups is 1. The molecular formula is C28H33Cl3N4O4. The molecule has 1 aliphatic rings. The lowest BCUT2D eigenvalue weighted by Crippen LogP contribution is -2.45. The van der Waals surface area contributed by atoms with Gasteiger partial charge in [0, 0.05) is 23.8 Å². The number of hydrogen-bond donors (Lipinski definition) is 2. The maximum absolute atomic E-state index is 13.5. The summed E-state index contributed by atoms with van der Waals surface area (Å²) in [6.45, 7) is 7.03. The number of halogens is 3. The third-order valence-electron chi connectivity index (χ3n) is 7.00. The van der Waals surface area contributed by atoms with Crippen molar-refractivity contribution in [1.29, 1.82) is 0 Å². The SMILES string of the molecule is CC(C)(C)C1CCC(N(Cc2ccc(C(=O)N=NCCC(=O)O)cc2)C(=O)Nc2cc(Cl)c(Cl)c(Cl)c2)CC1. The van der Waals surface area contributed by atoms with Gasteiger partial charge in [0.1, 0.15) is 0 Å². The van der Waals surface area contributed by atoms with Crippen molar-refractivity contribution in [3.8, 4) is 0 Å². The molecule has 2 aromatic carbocycles. The first-order valence-corrected chi connectivity index (χ1v) is 13.9. The molecule has 1 fully saturated rings. The Morgan fingerprint density at radius 3 is 2.13 bits per heavy atom. The van der Waals surface area contributed by atoms with Gasteiger partial charge in [0.2, 0.25) is 0 Å². The molecule has 1 aliphatic carbocycles. The van der Waals surface area contributed by atoms with E-state index in [1.54, 1.807) is 36.4 Å². The molecule has 0 unspecified atom stereocenters. The standard InChI is InChI=1S/C28H33Cl3N4O4/c1-28(2,3)19-8-10-21(11-9-19)35(27(39)33-20-14-22(29)25(31)23(30)15-20)16-17-4-6-18(7-5-17)26(38)34-32-13-12-24(36)37/h4-7,14-15,19,21H,8-13,16H2,1-3H3,(H,33,39)(H,36,37). The van der Waals surface area contributed by atoms with Gasteiger partial charge in [-0.2, -0.15) is 5.11 Å². The van der Waals surface area contributed by atoms with Gasteiger partial charge in [-0.3, -0.25) is 9.59 Å². The van der Waals surface area contributed by atoms with E-state index in [0.29, 0.717) is 23.7 Å². The zero-order valence-electron chi connectivity index (χ0n) is 22.2. The van der Waals surface area contributed by atoms with Crippen LogP contribution in [0.5, 0.6) is 0 Å². The third-order valence-corrected chi connectivity index (χ3v) is 8.20. The molecule has 0 saturated heterocycles. The van der Waals surface area contributed by atoms with E-state index < -0.39 is 11.9 Å². The number of benzene rings is 2. The smallest absolute Gasteiger partial charge is 0.322 e. The Morgan fingerprint density at radius 2 is 1.59 bits per heavy atom. The monoisotopic (exact) mass is 594 g/mol. The van der Waals surface area contributed by atoms with Crippen LogP contribution < -0.4 is 5.32 Å². The van der Waals surface area contributed by atoms with Crippen LogP contribution in [0.1, 0.15) is 68.8 Å². The van der Waals surface area contributed by atoms with E-state index in [0.717, 1.165) is 31.2 Å². The fourth-order valence-corrected chi connectivity index (χ4v) is 5.31. The number of rotatable bonds is 8. The summed E-state index contributed by atoms with van der Waals surface area (Å²) in [5, 5.41) is 19.5. The van der Waals surface area contributed by atoms with E-state index in [9.17, 15) is 14.4 Å². The molecule has 0 heterocycles. The average molecular weight is 596 g/mol. The summed E-state index contributed by atoms with van der Waals surface area (Å²) in [6, 6.07) is 9.68. The molecule has 8 nitrogen and oxygen atoms in total. The van der Waals surface area contributed by atoms with Gasteiger partial charge in [0.05, 0.1) is 28.0 Å². The average Bonchev–Trinajstić information content (AvgIpc) is 2.88. The summed E-state index contributed by atoms with van der Waals surface area (Å²) in [7, 11) is 0. The number of anilines is 1. The number of carboxylic acid groups (broad SMARTS) is 1. The number of amides is 3. The van der Waals surface area contributed by atoms with Crippen molar-refractivity contribution in [2.24, 2.45) is 21.6 Å². The van der Waals surface area contributed by atoms with Crippen molar-refractivity contribution in [3.63, 3.8) is 0 Å². The zero-order valence-corrected chi connectivity index (χ0v) is 24.5. The van der Waals surface area contributed by atoms with Crippen LogP contribution in [0.2, 0.25) is 15.1 Å². The molecule has 0 atom stereocenters. The zero-order chi connectivity index (χ0) is 28.7. The molecule has 2 N–H and O–H groups in total. The van der Waals surface area contributed by atoms with Crippen molar-refractivity contribution >= 4 is 58.4 Å². The molecule has 0 spiro atoms. The van der Waals surface area contributed by atoms with Gasteiger partial charge in [0.15, 0.2) is 0 Å². The number of carbonyl (C=O) groups is 3. The molecule has 11 heteroatoms. The first kappa shape index (κ1) is 30.9. The highest BCUT2D eigenvalue weighted by Crippen LogP contribution is 2.39. The number of aliphatic carboxylic acids is 1. The quantitative estimate of drug-likeness (QED) is 0.236. The summed E-state index contributed by atoms with van der Waals surface area (Å²) >= 11 is 18.4. The van der Waals surface area contributed by atoms with Crippen LogP contribution in [0.25, 0.3) is 0 Å². The van der Waals surface area contributed by atoms with Crippen LogP contribution in [-0.2, 0) is 11.3 Å². The van der Waals surface area contributed by atoms with Gasteiger partial charge in [0.25, 0.3) is 5.91 Å². The first-order valence-electron chi connectivity index (χ1n) is 12.8. The Balaban J connectivity index is 1.76. The van der Waals surface area contributed by atoms with Crippen LogP contribution in [0.15, 0.2) is 46.6 Å². The molecule has 0 aromatic heterocycles. The van der Waals surface area contributed by atoms with E-state index in [1.165, 1.54) is 0 Å². The molecule has 0 radical (unpaired) electrons. The van der Waals surface area contributed by atoms with E-state index in [-0.39, 0.29) is 45.5 Å². The van der Waals surface area contributed by atoms with Gasteiger partial charge in [-0.05, 0) is 66.8 Å². The molecule has 210 valence electrons. The van der Waals surface area contributed by atoms with E-state index in [2.05, 4.69) is 36.3 Å². The first-order chi connectivity index (χ1) is 18.3. The maximum atomic E-state index is 13.5. The van der Waals surface area contributed by atoms with Crippen LogP contribution in [0, 0.1) is 11.3 Å². The minimum Gasteiger partial charge on any atom is -0.481 e. The van der Waals surface area contributed by atoms with E-state index >= 15 is 0 Å². The summed E-state index contributed by atoms with van der Waals surface area (Å²) < 4.78 is 0. The fourth-order valence-electron chi connectivity index (χ4n) is 4.71. The molecule has 3 rings (SSSR count). The Hall–Kier alpha value is -2.68. The van der Waals surface area contributed by atoms with Gasteiger partial charge < -0.3 is 15.3 Å². The Bertz CT molecular complexity index is 1200. The van der Waals surface area contributed by atoms with Gasteiger partial charge >= 0.3 is 12.0 Å². The summed E-state index contributed by atoms with van der Waals surface area (Å²) in [6.07, 6.45) is 3.61. The molecule has 39 heavy (non-hydrogen) atoms. The molecule has 1 saturated carbocycles. The highest BCUT2D eigenvalue weighted by molar-refractivity contribution is 6.48. The highest BCUT2D eigenvalue weighted by Gasteiger charge is 2.33. The molecule has 0 bridgehead atoms. The molecule has 2 aromatic rings. The Kier molecular flexibility index (Phi) is 10.8. The van der Waals surface area contributed by atoms with Gasteiger partial charge in [-0.1, -0.05) is 67.7 Å². The van der Waals surface area contributed by atoms with Crippen molar-refractivity contribution in [2.45, 2.75) is 65.5 Å². The lowest BCUT2D eigenvalue weighted by atomic mass is 9.71. The summed E-state index contributed by atoms with van der Waals surface area (Å²) in [4.78, 5) is 38.2. The van der Waals surface area contributed by atoms with Gasteiger partial charge in [-0.15, -0.1) is 5.11 Å². The number of azo groups is 1. The topological polar surface area (TPSA) is 111 Å². The number of nitrogens with one attached hydrogen (secondary N) is 1. The van der Waals surface area contributed by atoms with E-state index in [1.807, 2.05) is 4.90 Å². The van der Waals surface area contributed by atoms with Crippen molar-refractivity contribution in [2.75, 3.05) is 11.9 Å². The summed E-state index contributed by atoms with van der Waals surface area (Å²) in [5.74, 6) is -0.977. The minimum atomic E-state index is -1.01. The molecule has 0 aliphatic heterocycles. The van der Waals surface area contributed by atoms with Crippen LogP contribution in [0.3, 0.4) is 0 Å². The predicted molar refractivity (Wildman–Crippen MR) is 154 cm³/mol. The van der Waals surface area contributed by atoms with Crippen LogP contribution in [0.4, 0.5) is 10.5 Å². The maximum Gasteiger partial charge on any atom is 0.322 e. The second kappa shape index (κ2) is 13.6. The third kappa shape index (κ3) is 8.92. The van der Waals surface area contributed by atoms with E-state index in [4.69, 9.17) is 39.9 Å². The lowest BCUT2D eigenvalue weighted by Gasteiger charge is -2.41. The molecular weight excluding hydrogens is 563 g/mol. The predicted octanol–water partition coefficient (Wildman–Crippen LogP) is 8.35. The van der Waals surface area contributed by atoms with Crippen LogP contribution in [-0.4, -0.2) is 40.5 Å². The highest BCUT2D eigenvalue weighted by atomic mass is 35.5. The Labute approximate surface area is 243 Å². The number of carboxylic acids is 1. The lowest BCUT2D eigenvalue weighted by molar-refractivity contribution is -0.136. The number of nitrogens with zero attached hydrogens (tertiary/aromatic N) is 3. The van der Waals surface area contributed by atoms with Crippen molar-refractivity contribution in [3.05, 3.63) is 62.6 Å². The minimum absolute atomic E-state index is 0.0335. The number of carbonyl (C=O) groups excluding carboxylic acids is 2. The van der Waals surface area contributed by atoms with Crippen molar-refractivity contribution < 1.29 is 19.5 Å². The van der Waals surface area contributed by atoms with Crippen molar-refractivity contribution in [1.82, 2.24) is 4.90 Å².